The van der Waals surface area contributed by atoms with Gasteiger partial charge < -0.3 is 20.3 Å². The lowest BCUT2D eigenvalue weighted by atomic mass is 9.92. The number of methoxy groups -OCH3 is 1. The number of amides is 1. The van der Waals surface area contributed by atoms with Crippen LogP contribution in [0.4, 0.5) is 0 Å². The van der Waals surface area contributed by atoms with Gasteiger partial charge in [0.2, 0.25) is 5.91 Å². The van der Waals surface area contributed by atoms with Crippen LogP contribution in [-0.2, 0) is 9.53 Å². The number of nitrogens with one attached hydrogen (secondary N) is 2. The lowest BCUT2D eigenvalue weighted by Crippen LogP contribution is -2.50. The van der Waals surface area contributed by atoms with Gasteiger partial charge in [0, 0.05) is 33.8 Å². The maximum Gasteiger partial charge on any atom is 0.239 e. The molecule has 0 aromatic heterocycles. The van der Waals surface area contributed by atoms with E-state index in [4.69, 9.17) is 4.74 Å². The molecule has 1 fully saturated rings. The number of likely N-dealkylation sites (tertiary alicyclic amines) is 1. The molecule has 1 amide bonds. The minimum atomic E-state index is -0.0405. The molecule has 6 nitrogen and oxygen atoms in total. The van der Waals surface area contributed by atoms with Crippen molar-refractivity contribution in [3.05, 3.63) is 0 Å². The van der Waals surface area contributed by atoms with Crippen molar-refractivity contribution in [1.82, 2.24) is 15.5 Å². The minimum Gasteiger partial charge on any atom is -0.383 e. The first-order chi connectivity index (χ1) is 9.56. The summed E-state index contributed by atoms with van der Waals surface area (Å²) in [5.74, 6) is 2.09. The number of nitrogens with zero attached hydrogens (tertiary/aromatic N) is 2. The van der Waals surface area contributed by atoms with E-state index in [1.54, 1.807) is 14.2 Å². The minimum absolute atomic E-state index is 0. The predicted octanol–water partition coefficient (Wildman–Crippen LogP) is 0.920. The van der Waals surface area contributed by atoms with E-state index >= 15 is 0 Å². The predicted molar refractivity (Wildman–Crippen MR) is 96.2 cm³/mol. The van der Waals surface area contributed by atoms with Gasteiger partial charge in [-0.15, -0.1) is 24.0 Å². The highest BCUT2D eigenvalue weighted by Gasteiger charge is 2.24. The van der Waals surface area contributed by atoms with Crippen molar-refractivity contribution in [2.75, 3.05) is 46.9 Å². The van der Waals surface area contributed by atoms with Crippen LogP contribution in [0.2, 0.25) is 0 Å². The van der Waals surface area contributed by atoms with Crippen LogP contribution < -0.4 is 10.6 Å². The molecule has 2 unspecified atom stereocenters. The van der Waals surface area contributed by atoms with Crippen molar-refractivity contribution in [3.63, 3.8) is 0 Å². The summed E-state index contributed by atoms with van der Waals surface area (Å²) in [6, 6.07) is 0. The van der Waals surface area contributed by atoms with E-state index < -0.39 is 0 Å². The topological polar surface area (TPSA) is 66.0 Å². The van der Waals surface area contributed by atoms with Gasteiger partial charge in [-0.25, -0.2) is 0 Å². The number of hydrogen-bond donors (Lipinski definition) is 2. The molecule has 1 aliphatic heterocycles. The van der Waals surface area contributed by atoms with Crippen LogP contribution in [0.5, 0.6) is 0 Å². The van der Waals surface area contributed by atoms with E-state index in [1.165, 1.54) is 6.42 Å². The number of halogens is 1. The first-order valence-electron chi connectivity index (χ1n) is 7.28. The second kappa shape index (κ2) is 11.1. The molecule has 0 spiro atoms. The molecule has 0 bridgehead atoms. The van der Waals surface area contributed by atoms with E-state index in [0.717, 1.165) is 19.0 Å². The number of carbonyl (C=O) groups is 1. The zero-order chi connectivity index (χ0) is 15.0. The number of hydrogen-bond acceptors (Lipinski definition) is 3. The normalized spacial score (nSPS) is 22.5. The van der Waals surface area contributed by atoms with E-state index in [-0.39, 0.29) is 36.4 Å². The lowest BCUT2D eigenvalue weighted by molar-refractivity contribution is -0.120. The number of aliphatic imine (C=N–C) groups is 1. The second-order valence-corrected chi connectivity index (χ2v) is 5.59. The fourth-order valence-electron chi connectivity index (χ4n) is 2.68. The molecule has 21 heavy (non-hydrogen) atoms. The standard InChI is InChI=1S/C14H28N4O2.HI/c1-11-7-12(2)10-18(9-11)14(15-3)17-8-13(19)16-5-6-20-4;/h11-12H,5-10H2,1-4H3,(H,15,17)(H,16,19);1H. The zero-order valence-corrected chi connectivity index (χ0v) is 15.8. The molecule has 1 rings (SSSR count). The largest absolute Gasteiger partial charge is 0.383 e. The smallest absolute Gasteiger partial charge is 0.239 e. The molecule has 0 aromatic rings. The van der Waals surface area contributed by atoms with Crippen molar-refractivity contribution >= 4 is 35.8 Å². The van der Waals surface area contributed by atoms with Gasteiger partial charge in [-0.3, -0.25) is 9.79 Å². The molecule has 1 heterocycles. The molecule has 0 radical (unpaired) electrons. The maximum atomic E-state index is 11.6. The third kappa shape index (κ3) is 7.85. The summed E-state index contributed by atoms with van der Waals surface area (Å²) in [5.41, 5.74) is 0. The molecule has 7 heteroatoms. The van der Waals surface area contributed by atoms with Crippen LogP contribution in [0, 0.1) is 11.8 Å². The molecule has 1 saturated heterocycles. The van der Waals surface area contributed by atoms with Gasteiger partial charge in [-0.05, 0) is 18.3 Å². The van der Waals surface area contributed by atoms with Gasteiger partial charge in [-0.2, -0.15) is 0 Å². The summed E-state index contributed by atoms with van der Waals surface area (Å²) in [4.78, 5) is 18.2. The van der Waals surface area contributed by atoms with Gasteiger partial charge in [0.25, 0.3) is 0 Å². The van der Waals surface area contributed by atoms with Gasteiger partial charge in [-0.1, -0.05) is 13.8 Å². The van der Waals surface area contributed by atoms with Gasteiger partial charge in [0.05, 0.1) is 13.2 Å². The first-order valence-corrected chi connectivity index (χ1v) is 7.28. The number of guanidine groups is 1. The Bertz CT molecular complexity index is 329. The molecule has 1 aliphatic rings. The van der Waals surface area contributed by atoms with Crippen LogP contribution in [0.15, 0.2) is 4.99 Å². The first kappa shape index (κ1) is 20.4. The van der Waals surface area contributed by atoms with Gasteiger partial charge in [0.15, 0.2) is 5.96 Å². The summed E-state index contributed by atoms with van der Waals surface area (Å²) in [7, 11) is 3.38. The Morgan fingerprint density at radius 1 is 1.29 bits per heavy atom. The number of rotatable bonds is 5. The lowest BCUT2D eigenvalue weighted by Gasteiger charge is -2.37. The summed E-state index contributed by atoms with van der Waals surface area (Å²) in [5, 5.41) is 5.91. The van der Waals surface area contributed by atoms with Crippen molar-refractivity contribution in [2.45, 2.75) is 20.3 Å². The van der Waals surface area contributed by atoms with Crippen molar-refractivity contribution in [3.8, 4) is 0 Å². The van der Waals surface area contributed by atoms with Crippen LogP contribution >= 0.6 is 24.0 Å². The average molecular weight is 412 g/mol. The van der Waals surface area contributed by atoms with Gasteiger partial charge >= 0.3 is 0 Å². The van der Waals surface area contributed by atoms with Crippen LogP contribution in [-0.4, -0.2) is 63.7 Å². The molecule has 0 saturated carbocycles. The molecule has 2 N–H and O–H groups in total. The zero-order valence-electron chi connectivity index (χ0n) is 13.5. The third-order valence-electron chi connectivity index (χ3n) is 3.42. The summed E-state index contributed by atoms with van der Waals surface area (Å²) in [6.45, 7) is 7.82. The van der Waals surface area contributed by atoms with Crippen molar-refractivity contribution in [1.29, 1.82) is 0 Å². The fraction of sp³-hybridized carbons (Fsp3) is 0.857. The van der Waals surface area contributed by atoms with Crippen molar-refractivity contribution < 1.29 is 9.53 Å². The van der Waals surface area contributed by atoms with E-state index in [2.05, 4.69) is 34.4 Å². The number of piperidine rings is 1. The van der Waals surface area contributed by atoms with Crippen molar-refractivity contribution in [2.24, 2.45) is 16.8 Å². The Morgan fingerprint density at radius 2 is 1.90 bits per heavy atom. The SMILES string of the molecule is CN=C(NCC(=O)NCCOC)N1CC(C)CC(C)C1.I. The summed E-state index contributed by atoms with van der Waals surface area (Å²) in [6.07, 6.45) is 1.25. The summed E-state index contributed by atoms with van der Waals surface area (Å²) >= 11 is 0. The summed E-state index contributed by atoms with van der Waals surface area (Å²) < 4.78 is 4.89. The molecular weight excluding hydrogens is 383 g/mol. The van der Waals surface area contributed by atoms with E-state index in [0.29, 0.717) is 25.0 Å². The highest BCUT2D eigenvalue weighted by molar-refractivity contribution is 14.0. The highest BCUT2D eigenvalue weighted by atomic mass is 127. The second-order valence-electron chi connectivity index (χ2n) is 5.59. The quantitative estimate of drug-likeness (QED) is 0.305. The Morgan fingerprint density at radius 3 is 2.43 bits per heavy atom. The Hall–Kier alpha value is -0.570. The number of carbonyl (C=O) groups excluding carboxylic acids is 1. The number of ether oxygens (including phenoxy) is 1. The monoisotopic (exact) mass is 412 g/mol. The molecular formula is C14H29IN4O2. The van der Waals surface area contributed by atoms with Gasteiger partial charge in [0.1, 0.15) is 0 Å². The maximum absolute atomic E-state index is 11.6. The average Bonchev–Trinajstić information content (AvgIpc) is 2.38. The highest BCUT2D eigenvalue weighted by Crippen LogP contribution is 2.20. The van der Waals surface area contributed by atoms with Crippen LogP contribution in [0.3, 0.4) is 0 Å². The Labute approximate surface area is 145 Å². The molecule has 2 atom stereocenters. The Balaban J connectivity index is 0.00000400. The molecule has 0 aromatic carbocycles. The van der Waals surface area contributed by atoms with Crippen LogP contribution in [0.25, 0.3) is 0 Å². The molecule has 124 valence electrons. The van der Waals surface area contributed by atoms with E-state index in [9.17, 15) is 4.79 Å². The Kier molecular flexibility index (Phi) is 10.8. The van der Waals surface area contributed by atoms with E-state index in [1.807, 2.05) is 0 Å². The van der Waals surface area contributed by atoms with Crippen LogP contribution in [0.1, 0.15) is 20.3 Å². The molecule has 0 aliphatic carbocycles. The fourth-order valence-corrected chi connectivity index (χ4v) is 2.68. The third-order valence-corrected chi connectivity index (χ3v) is 3.42.